The van der Waals surface area contributed by atoms with Crippen LogP contribution in [0, 0.1) is 6.42 Å². The monoisotopic (exact) mass is 161 g/mol. The maximum Gasteiger partial charge on any atom is 0.238 e. The lowest BCUT2D eigenvalue weighted by molar-refractivity contribution is -0.112. The van der Waals surface area contributed by atoms with Gasteiger partial charge in [0.2, 0.25) is 5.91 Å². The molecular formula is C9H7NO2. The van der Waals surface area contributed by atoms with E-state index in [2.05, 4.69) is 11.7 Å². The Morgan fingerprint density at radius 2 is 2.33 bits per heavy atom. The molecule has 0 saturated heterocycles. The summed E-state index contributed by atoms with van der Waals surface area (Å²) >= 11 is 0. The number of carbonyl (C=O) groups is 1. The van der Waals surface area contributed by atoms with Crippen LogP contribution in [0.1, 0.15) is 5.56 Å². The summed E-state index contributed by atoms with van der Waals surface area (Å²) in [5.41, 5.74) is 1.56. The van der Waals surface area contributed by atoms with Crippen LogP contribution in [-0.2, 0) is 4.79 Å². The maximum absolute atomic E-state index is 10.8. The van der Waals surface area contributed by atoms with Crippen LogP contribution >= 0.6 is 0 Å². The number of benzene rings is 1. The van der Waals surface area contributed by atoms with Gasteiger partial charge in [-0.05, 0) is 11.6 Å². The van der Waals surface area contributed by atoms with Crippen molar-refractivity contribution >= 4 is 11.6 Å². The van der Waals surface area contributed by atoms with Crippen molar-refractivity contribution in [3.63, 3.8) is 0 Å². The lowest BCUT2D eigenvalue weighted by Gasteiger charge is -2.01. The average molecular weight is 161 g/mol. The van der Waals surface area contributed by atoms with Gasteiger partial charge in [-0.3, -0.25) is 4.79 Å². The van der Waals surface area contributed by atoms with Crippen LogP contribution in [0.2, 0.25) is 0 Å². The van der Waals surface area contributed by atoms with Crippen molar-refractivity contribution in [3.8, 4) is 5.75 Å². The van der Waals surface area contributed by atoms with Crippen LogP contribution in [0.5, 0.6) is 5.75 Å². The molecule has 0 aliphatic carbocycles. The van der Waals surface area contributed by atoms with Gasteiger partial charge >= 0.3 is 0 Å². The van der Waals surface area contributed by atoms with E-state index in [-0.39, 0.29) is 5.91 Å². The summed E-state index contributed by atoms with van der Waals surface area (Å²) in [6.07, 6.45) is 2.64. The Hall–Kier alpha value is -1.51. The van der Waals surface area contributed by atoms with Crippen LogP contribution < -0.4 is 10.1 Å². The Bertz CT molecular complexity index is 333. The molecule has 3 heteroatoms. The van der Waals surface area contributed by atoms with Gasteiger partial charge in [0.15, 0.2) is 0 Å². The third-order valence-corrected chi connectivity index (χ3v) is 1.72. The topological polar surface area (TPSA) is 38.3 Å². The second kappa shape index (κ2) is 2.52. The zero-order valence-electron chi connectivity index (χ0n) is 6.55. The molecule has 0 aromatic heterocycles. The molecule has 1 aromatic carbocycles. The molecule has 0 bridgehead atoms. The summed E-state index contributed by atoms with van der Waals surface area (Å²) in [5.74, 6) is 0.538. The standard InChI is InChI=1S/C9H7NO2/c1-12-7-3-2-6-4-9(11)10-8(6)5-7/h2-3,5H,1H3,(H,10,11). The van der Waals surface area contributed by atoms with Gasteiger partial charge in [-0.15, -0.1) is 0 Å². The SMILES string of the molecule is COc1ccc2c(c1)NC(=O)[C]2. The summed E-state index contributed by atoms with van der Waals surface area (Å²) in [5, 5.41) is 2.64. The minimum absolute atomic E-state index is 0.196. The van der Waals surface area contributed by atoms with E-state index in [0.717, 1.165) is 17.0 Å². The van der Waals surface area contributed by atoms with Crippen LogP contribution in [-0.4, -0.2) is 13.0 Å². The zero-order chi connectivity index (χ0) is 8.55. The lowest BCUT2D eigenvalue weighted by Crippen LogP contribution is -2.01. The van der Waals surface area contributed by atoms with E-state index in [9.17, 15) is 4.79 Å². The average Bonchev–Trinajstić information content (AvgIpc) is 2.43. The Morgan fingerprint density at radius 3 is 3.08 bits per heavy atom. The molecule has 0 saturated carbocycles. The summed E-state index contributed by atoms with van der Waals surface area (Å²) in [7, 11) is 1.59. The van der Waals surface area contributed by atoms with Gasteiger partial charge in [0.05, 0.1) is 7.11 Å². The van der Waals surface area contributed by atoms with E-state index >= 15 is 0 Å². The molecule has 1 aromatic rings. The number of hydrogen-bond donors (Lipinski definition) is 1. The fourth-order valence-corrected chi connectivity index (χ4v) is 1.14. The molecule has 2 radical (unpaired) electrons. The predicted octanol–water partition coefficient (Wildman–Crippen LogP) is 1.08. The molecule has 1 aliphatic heterocycles. The van der Waals surface area contributed by atoms with Crippen LogP contribution in [0.3, 0.4) is 0 Å². The number of ether oxygens (including phenoxy) is 1. The van der Waals surface area contributed by atoms with Crippen molar-refractivity contribution in [2.75, 3.05) is 12.4 Å². The van der Waals surface area contributed by atoms with E-state index in [4.69, 9.17) is 4.74 Å². The van der Waals surface area contributed by atoms with Gasteiger partial charge in [0, 0.05) is 11.8 Å². The minimum atomic E-state index is -0.196. The number of anilines is 1. The molecule has 0 atom stereocenters. The second-order valence-corrected chi connectivity index (χ2v) is 2.49. The van der Waals surface area contributed by atoms with Gasteiger partial charge in [-0.2, -0.15) is 0 Å². The third-order valence-electron chi connectivity index (χ3n) is 1.72. The molecule has 0 fully saturated rings. The van der Waals surface area contributed by atoms with E-state index in [1.54, 1.807) is 25.3 Å². The van der Waals surface area contributed by atoms with Gasteiger partial charge in [-0.1, -0.05) is 6.07 Å². The number of amides is 1. The fraction of sp³-hybridized carbons (Fsp3) is 0.111. The first-order chi connectivity index (χ1) is 5.79. The number of carbonyl (C=O) groups excluding carboxylic acids is 1. The molecule has 0 unspecified atom stereocenters. The van der Waals surface area contributed by atoms with Crippen molar-refractivity contribution < 1.29 is 9.53 Å². The Labute approximate surface area is 70.3 Å². The van der Waals surface area contributed by atoms with Crippen LogP contribution in [0.15, 0.2) is 18.2 Å². The molecule has 2 rings (SSSR count). The number of rotatable bonds is 1. The van der Waals surface area contributed by atoms with Gasteiger partial charge in [0.25, 0.3) is 0 Å². The van der Waals surface area contributed by atoms with Gasteiger partial charge in [-0.25, -0.2) is 0 Å². The van der Waals surface area contributed by atoms with Crippen molar-refractivity contribution in [3.05, 3.63) is 30.2 Å². The molecule has 1 amide bonds. The Kier molecular flexibility index (Phi) is 1.50. The predicted molar refractivity (Wildman–Crippen MR) is 44.0 cm³/mol. The molecule has 1 N–H and O–H groups in total. The fourth-order valence-electron chi connectivity index (χ4n) is 1.14. The quantitative estimate of drug-likeness (QED) is 0.669. The van der Waals surface area contributed by atoms with E-state index in [0.29, 0.717) is 0 Å². The molecule has 1 heterocycles. The first-order valence-corrected chi connectivity index (χ1v) is 3.55. The first kappa shape index (κ1) is 7.16. The number of fused-ring (bicyclic) bond motifs is 1. The van der Waals surface area contributed by atoms with Crippen molar-refractivity contribution in [2.24, 2.45) is 0 Å². The summed E-state index contributed by atoms with van der Waals surface area (Å²) in [6, 6.07) is 5.37. The molecule has 60 valence electrons. The van der Waals surface area contributed by atoms with Crippen molar-refractivity contribution in [1.29, 1.82) is 0 Å². The van der Waals surface area contributed by atoms with E-state index in [1.807, 2.05) is 0 Å². The number of nitrogens with one attached hydrogen (secondary N) is 1. The van der Waals surface area contributed by atoms with Gasteiger partial charge in [0.1, 0.15) is 12.2 Å². The summed E-state index contributed by atoms with van der Waals surface area (Å²) in [4.78, 5) is 10.8. The lowest BCUT2D eigenvalue weighted by atomic mass is 10.1. The van der Waals surface area contributed by atoms with Crippen LogP contribution in [0.4, 0.5) is 5.69 Å². The summed E-state index contributed by atoms with van der Waals surface area (Å²) < 4.78 is 5.00. The van der Waals surface area contributed by atoms with Crippen LogP contribution in [0.25, 0.3) is 0 Å². The van der Waals surface area contributed by atoms with E-state index in [1.165, 1.54) is 0 Å². The highest BCUT2D eigenvalue weighted by atomic mass is 16.5. The molecule has 3 nitrogen and oxygen atoms in total. The van der Waals surface area contributed by atoms with Crippen molar-refractivity contribution in [2.45, 2.75) is 0 Å². The maximum atomic E-state index is 10.8. The molecular weight excluding hydrogens is 154 g/mol. The largest absolute Gasteiger partial charge is 0.497 e. The molecule has 12 heavy (non-hydrogen) atoms. The highest BCUT2D eigenvalue weighted by Gasteiger charge is 2.18. The minimum Gasteiger partial charge on any atom is -0.497 e. The smallest absolute Gasteiger partial charge is 0.238 e. The first-order valence-electron chi connectivity index (χ1n) is 3.55. The normalized spacial score (nSPS) is 13.9. The number of methoxy groups -OCH3 is 1. The Balaban J connectivity index is 2.41. The highest BCUT2D eigenvalue weighted by Crippen LogP contribution is 2.28. The second-order valence-electron chi connectivity index (χ2n) is 2.49. The Morgan fingerprint density at radius 1 is 1.50 bits per heavy atom. The number of hydrogen-bond acceptors (Lipinski definition) is 2. The highest BCUT2D eigenvalue weighted by molar-refractivity contribution is 6.06. The third kappa shape index (κ3) is 1.03. The molecule has 0 spiro atoms. The molecule has 1 aliphatic rings. The van der Waals surface area contributed by atoms with E-state index < -0.39 is 0 Å². The van der Waals surface area contributed by atoms with Gasteiger partial charge < -0.3 is 10.1 Å². The van der Waals surface area contributed by atoms with Crippen molar-refractivity contribution in [1.82, 2.24) is 0 Å². The summed E-state index contributed by atoms with van der Waals surface area (Å²) in [6.45, 7) is 0. The zero-order valence-corrected chi connectivity index (χ0v) is 6.55.